The third kappa shape index (κ3) is 4.03. The Morgan fingerprint density at radius 2 is 1.96 bits per heavy atom. The number of rotatable bonds is 6. The lowest BCUT2D eigenvalue weighted by molar-refractivity contribution is -0.122. The van der Waals surface area contributed by atoms with E-state index < -0.39 is 0 Å². The summed E-state index contributed by atoms with van der Waals surface area (Å²) in [6, 6.07) is 7.98. The van der Waals surface area contributed by atoms with Crippen LogP contribution in [0.3, 0.4) is 0 Å². The van der Waals surface area contributed by atoms with Gasteiger partial charge >= 0.3 is 0 Å². The number of amides is 1. The average Bonchev–Trinajstić information content (AvgIpc) is 3.15. The standard InChI is InChI=1S/C22H31N3O3/c1-27-19-5-6-20-18(15-19)7-10-24(20)16-21(26)23-17-22(8-3-2-4-9-22)25-11-13-28-14-12-25/h5-7,10,15H,2-4,8-9,11-14,16-17H2,1H3,(H,23,26). The summed E-state index contributed by atoms with van der Waals surface area (Å²) in [5.41, 5.74) is 1.15. The summed E-state index contributed by atoms with van der Waals surface area (Å²) >= 11 is 0. The van der Waals surface area contributed by atoms with Crippen molar-refractivity contribution in [1.82, 2.24) is 14.8 Å². The first-order valence-electron chi connectivity index (χ1n) is 10.4. The van der Waals surface area contributed by atoms with E-state index in [-0.39, 0.29) is 11.4 Å². The molecule has 1 aromatic heterocycles. The van der Waals surface area contributed by atoms with E-state index in [1.807, 2.05) is 35.0 Å². The van der Waals surface area contributed by atoms with Crippen LogP contribution in [0.1, 0.15) is 32.1 Å². The number of ether oxygens (including phenoxy) is 2. The Morgan fingerprint density at radius 1 is 1.18 bits per heavy atom. The van der Waals surface area contributed by atoms with Gasteiger partial charge in [-0.15, -0.1) is 0 Å². The van der Waals surface area contributed by atoms with Crippen LogP contribution in [0.15, 0.2) is 30.5 Å². The molecule has 2 aliphatic rings. The van der Waals surface area contributed by atoms with Crippen LogP contribution < -0.4 is 10.1 Å². The Hall–Kier alpha value is -2.05. The summed E-state index contributed by atoms with van der Waals surface area (Å²) in [6.45, 7) is 4.62. The van der Waals surface area contributed by atoms with Crippen LogP contribution in [0.4, 0.5) is 0 Å². The van der Waals surface area contributed by atoms with E-state index in [0.717, 1.165) is 49.5 Å². The van der Waals surface area contributed by atoms with Gasteiger partial charge in [0.05, 0.1) is 20.3 Å². The number of carbonyl (C=O) groups excluding carboxylic acids is 1. The zero-order chi connectivity index (χ0) is 19.4. The summed E-state index contributed by atoms with van der Waals surface area (Å²) in [4.78, 5) is 15.3. The minimum atomic E-state index is 0.0755. The number of hydrogen-bond donors (Lipinski definition) is 1. The van der Waals surface area contributed by atoms with E-state index in [9.17, 15) is 4.79 Å². The van der Waals surface area contributed by atoms with Gasteiger partial charge in [0.25, 0.3) is 0 Å². The number of morpholine rings is 1. The van der Waals surface area contributed by atoms with Crippen molar-refractivity contribution >= 4 is 16.8 Å². The first-order valence-corrected chi connectivity index (χ1v) is 10.4. The molecule has 2 aromatic rings. The molecule has 0 radical (unpaired) electrons. The second kappa shape index (κ2) is 8.53. The van der Waals surface area contributed by atoms with Crippen molar-refractivity contribution in [2.75, 3.05) is 40.0 Å². The highest BCUT2D eigenvalue weighted by Crippen LogP contribution is 2.34. The Bertz CT molecular complexity index is 804. The second-order valence-corrected chi connectivity index (χ2v) is 8.03. The maximum Gasteiger partial charge on any atom is 0.240 e. The Labute approximate surface area is 166 Å². The highest BCUT2D eigenvalue weighted by Gasteiger charge is 2.38. The number of methoxy groups -OCH3 is 1. The van der Waals surface area contributed by atoms with Crippen LogP contribution in [-0.4, -0.2) is 60.9 Å². The number of fused-ring (bicyclic) bond motifs is 1. The lowest BCUT2D eigenvalue weighted by atomic mass is 9.79. The van der Waals surface area contributed by atoms with Crippen molar-refractivity contribution in [1.29, 1.82) is 0 Å². The van der Waals surface area contributed by atoms with Crippen molar-refractivity contribution in [2.45, 2.75) is 44.2 Å². The molecule has 0 bridgehead atoms. The van der Waals surface area contributed by atoms with Crippen LogP contribution in [0.25, 0.3) is 10.9 Å². The zero-order valence-corrected chi connectivity index (χ0v) is 16.8. The first-order chi connectivity index (χ1) is 13.7. The van der Waals surface area contributed by atoms with Gasteiger partial charge in [0.1, 0.15) is 12.3 Å². The normalized spacial score (nSPS) is 20.2. The predicted octanol–water partition coefficient (Wildman–Crippen LogP) is 2.80. The van der Waals surface area contributed by atoms with Gasteiger partial charge in [-0.2, -0.15) is 0 Å². The van der Waals surface area contributed by atoms with Crippen molar-refractivity contribution in [3.63, 3.8) is 0 Å². The molecule has 4 rings (SSSR count). The molecule has 1 aromatic carbocycles. The van der Waals surface area contributed by atoms with Gasteiger partial charge in [-0.25, -0.2) is 0 Å². The predicted molar refractivity (Wildman–Crippen MR) is 110 cm³/mol. The van der Waals surface area contributed by atoms with Gasteiger partial charge in [-0.05, 0) is 37.1 Å². The van der Waals surface area contributed by atoms with E-state index in [1.54, 1.807) is 7.11 Å². The monoisotopic (exact) mass is 385 g/mol. The number of benzene rings is 1. The van der Waals surface area contributed by atoms with Gasteiger partial charge in [-0.3, -0.25) is 9.69 Å². The molecule has 0 atom stereocenters. The molecule has 28 heavy (non-hydrogen) atoms. The Morgan fingerprint density at radius 3 is 2.71 bits per heavy atom. The summed E-state index contributed by atoms with van der Waals surface area (Å²) in [7, 11) is 1.67. The maximum atomic E-state index is 12.7. The fourth-order valence-corrected chi connectivity index (χ4v) is 4.77. The third-order valence-corrected chi connectivity index (χ3v) is 6.37. The van der Waals surface area contributed by atoms with Gasteiger partial charge in [0, 0.05) is 42.3 Å². The fraction of sp³-hybridized carbons (Fsp3) is 0.591. The molecule has 1 N–H and O–H groups in total. The number of nitrogens with one attached hydrogen (secondary N) is 1. The van der Waals surface area contributed by atoms with Gasteiger partial charge in [0.2, 0.25) is 5.91 Å². The summed E-state index contributed by atoms with van der Waals surface area (Å²) < 4.78 is 12.8. The molecule has 2 heterocycles. The molecule has 1 saturated carbocycles. The lowest BCUT2D eigenvalue weighted by Gasteiger charge is -2.48. The molecule has 0 spiro atoms. The van der Waals surface area contributed by atoms with E-state index in [4.69, 9.17) is 9.47 Å². The van der Waals surface area contributed by atoms with Gasteiger partial charge < -0.3 is 19.4 Å². The molecular formula is C22H31N3O3. The number of aromatic nitrogens is 1. The zero-order valence-electron chi connectivity index (χ0n) is 16.8. The lowest BCUT2D eigenvalue weighted by Crippen LogP contribution is -2.59. The van der Waals surface area contributed by atoms with E-state index >= 15 is 0 Å². The molecule has 6 nitrogen and oxygen atoms in total. The fourth-order valence-electron chi connectivity index (χ4n) is 4.77. The smallest absolute Gasteiger partial charge is 0.240 e. The molecule has 6 heteroatoms. The SMILES string of the molecule is COc1ccc2c(ccn2CC(=O)NCC2(N3CCOCC3)CCCCC2)c1. The molecule has 1 saturated heterocycles. The average molecular weight is 386 g/mol. The summed E-state index contributed by atoms with van der Waals surface area (Å²) in [6.07, 6.45) is 8.11. The maximum absolute atomic E-state index is 12.7. The molecule has 0 unspecified atom stereocenters. The van der Waals surface area contributed by atoms with Crippen molar-refractivity contribution in [3.05, 3.63) is 30.5 Å². The largest absolute Gasteiger partial charge is 0.497 e. The molecule has 1 amide bonds. The highest BCUT2D eigenvalue weighted by atomic mass is 16.5. The number of hydrogen-bond acceptors (Lipinski definition) is 4. The number of nitrogens with zero attached hydrogens (tertiary/aromatic N) is 2. The second-order valence-electron chi connectivity index (χ2n) is 8.03. The van der Waals surface area contributed by atoms with E-state index in [0.29, 0.717) is 6.54 Å². The molecule has 1 aliphatic heterocycles. The summed E-state index contributed by atoms with van der Waals surface area (Å²) in [5, 5.41) is 4.34. The Balaban J connectivity index is 1.41. The first kappa shape index (κ1) is 19.3. The van der Waals surface area contributed by atoms with Crippen molar-refractivity contribution in [2.24, 2.45) is 0 Å². The van der Waals surface area contributed by atoms with Crippen LogP contribution in [-0.2, 0) is 16.1 Å². The van der Waals surface area contributed by atoms with Crippen LogP contribution in [0.2, 0.25) is 0 Å². The third-order valence-electron chi connectivity index (χ3n) is 6.37. The van der Waals surface area contributed by atoms with Gasteiger partial charge in [0.15, 0.2) is 0 Å². The van der Waals surface area contributed by atoms with Crippen LogP contribution in [0.5, 0.6) is 5.75 Å². The number of carbonyl (C=O) groups is 1. The van der Waals surface area contributed by atoms with Gasteiger partial charge in [-0.1, -0.05) is 19.3 Å². The topological polar surface area (TPSA) is 55.7 Å². The minimum Gasteiger partial charge on any atom is -0.497 e. The Kier molecular flexibility index (Phi) is 5.87. The van der Waals surface area contributed by atoms with E-state index in [2.05, 4.69) is 10.2 Å². The molecule has 2 fully saturated rings. The molecular weight excluding hydrogens is 354 g/mol. The van der Waals surface area contributed by atoms with Crippen LogP contribution in [0, 0.1) is 0 Å². The quantitative estimate of drug-likeness (QED) is 0.831. The molecule has 152 valence electrons. The van der Waals surface area contributed by atoms with Crippen LogP contribution >= 0.6 is 0 Å². The van der Waals surface area contributed by atoms with Crippen molar-refractivity contribution in [3.8, 4) is 5.75 Å². The highest BCUT2D eigenvalue weighted by molar-refractivity contribution is 5.84. The van der Waals surface area contributed by atoms with E-state index in [1.165, 1.54) is 32.1 Å². The summed E-state index contributed by atoms with van der Waals surface area (Å²) in [5.74, 6) is 0.908. The minimum absolute atomic E-state index is 0.0755. The molecule has 1 aliphatic carbocycles. The van der Waals surface area contributed by atoms with Crippen molar-refractivity contribution < 1.29 is 14.3 Å².